The average Bonchev–Trinajstić information content (AvgIpc) is 2.74. The zero-order chi connectivity index (χ0) is 15.6. The van der Waals surface area contributed by atoms with Crippen LogP contribution in [0.5, 0.6) is 0 Å². The third kappa shape index (κ3) is 3.82. The molecule has 4 N–H and O–H groups in total. The Morgan fingerprint density at radius 3 is 2.67 bits per heavy atom. The van der Waals surface area contributed by atoms with E-state index in [4.69, 9.17) is 10.5 Å². The standard InChI is InChI=1S/C12H21BN4O3Si/c1-21(2,3)5-4-20-8-17-6-9(13(18)19)10-11(17)12(14)16-7-15-10/h6-7,18-19H,4-5,8H2,1-3H3,(H2,14,15,16). The molecule has 0 radical (unpaired) electrons. The van der Waals surface area contributed by atoms with Crippen molar-refractivity contribution >= 4 is 37.5 Å². The maximum Gasteiger partial charge on any atom is 0.492 e. The van der Waals surface area contributed by atoms with Crippen molar-refractivity contribution in [1.29, 1.82) is 0 Å². The van der Waals surface area contributed by atoms with Gasteiger partial charge in [-0.25, -0.2) is 9.97 Å². The number of nitrogens with two attached hydrogens (primary N) is 1. The summed E-state index contributed by atoms with van der Waals surface area (Å²) >= 11 is 0. The van der Waals surface area contributed by atoms with Crippen molar-refractivity contribution < 1.29 is 14.8 Å². The number of hydrogen-bond donors (Lipinski definition) is 3. The summed E-state index contributed by atoms with van der Waals surface area (Å²) in [7, 11) is -2.74. The van der Waals surface area contributed by atoms with E-state index in [1.54, 1.807) is 10.8 Å². The molecule has 0 amide bonds. The Labute approximate surface area is 124 Å². The Morgan fingerprint density at radius 1 is 1.33 bits per heavy atom. The number of nitrogen functional groups attached to an aromatic ring is 1. The lowest BCUT2D eigenvalue weighted by Crippen LogP contribution is -2.29. The van der Waals surface area contributed by atoms with Crippen LogP contribution in [0.15, 0.2) is 12.5 Å². The van der Waals surface area contributed by atoms with Gasteiger partial charge in [0, 0.05) is 26.3 Å². The smallest absolute Gasteiger partial charge is 0.423 e. The Balaban J connectivity index is 2.20. The van der Waals surface area contributed by atoms with Crippen LogP contribution in [-0.4, -0.2) is 46.4 Å². The molecule has 0 atom stereocenters. The predicted octanol–water partition coefficient (Wildman–Crippen LogP) is 0.00560. The molecule has 9 heteroatoms. The van der Waals surface area contributed by atoms with E-state index in [9.17, 15) is 10.0 Å². The van der Waals surface area contributed by atoms with Crippen LogP contribution in [0.2, 0.25) is 25.7 Å². The van der Waals surface area contributed by atoms with Crippen molar-refractivity contribution in [3.8, 4) is 0 Å². The average molecular weight is 308 g/mol. The Hall–Kier alpha value is -1.42. The first-order valence-corrected chi connectivity index (χ1v) is 10.5. The van der Waals surface area contributed by atoms with Gasteiger partial charge >= 0.3 is 7.12 Å². The fraction of sp³-hybridized carbons (Fsp3) is 0.500. The lowest BCUT2D eigenvalue weighted by atomic mass is 9.82. The highest BCUT2D eigenvalue weighted by molar-refractivity contribution is 6.76. The van der Waals surface area contributed by atoms with Gasteiger partial charge in [0.05, 0.1) is 5.52 Å². The van der Waals surface area contributed by atoms with Crippen LogP contribution in [0.3, 0.4) is 0 Å². The molecule has 0 aliphatic carbocycles. The topological polar surface area (TPSA) is 106 Å². The summed E-state index contributed by atoms with van der Waals surface area (Å²) in [5, 5.41) is 18.8. The van der Waals surface area contributed by atoms with E-state index in [0.717, 1.165) is 6.04 Å². The lowest BCUT2D eigenvalue weighted by Gasteiger charge is -2.15. The molecule has 0 unspecified atom stereocenters. The number of rotatable bonds is 6. The maximum absolute atomic E-state index is 9.41. The van der Waals surface area contributed by atoms with Crippen molar-refractivity contribution in [1.82, 2.24) is 14.5 Å². The van der Waals surface area contributed by atoms with Crippen LogP contribution in [0.1, 0.15) is 0 Å². The number of nitrogens with zero attached hydrogens (tertiary/aromatic N) is 3. The fourth-order valence-corrected chi connectivity index (χ4v) is 2.77. The molecule has 0 aliphatic rings. The second-order valence-electron chi connectivity index (χ2n) is 6.23. The van der Waals surface area contributed by atoms with Gasteiger partial charge in [-0.2, -0.15) is 0 Å². The maximum atomic E-state index is 9.41. The summed E-state index contributed by atoms with van der Waals surface area (Å²) in [6.07, 6.45) is 2.90. The lowest BCUT2D eigenvalue weighted by molar-refractivity contribution is 0.0903. The minimum absolute atomic E-state index is 0.283. The van der Waals surface area contributed by atoms with E-state index in [0.29, 0.717) is 28.9 Å². The molecular weight excluding hydrogens is 287 g/mol. The van der Waals surface area contributed by atoms with Gasteiger partial charge in [0.25, 0.3) is 0 Å². The molecule has 0 aliphatic heterocycles. The van der Waals surface area contributed by atoms with E-state index < -0.39 is 15.2 Å². The molecule has 2 rings (SSSR count). The Bertz CT molecular complexity index is 627. The fourth-order valence-electron chi connectivity index (χ4n) is 2.01. The first-order chi connectivity index (χ1) is 9.79. The normalized spacial score (nSPS) is 12.0. The van der Waals surface area contributed by atoms with Crippen LogP contribution < -0.4 is 11.2 Å². The molecule has 0 fully saturated rings. The van der Waals surface area contributed by atoms with Crippen LogP contribution in [-0.2, 0) is 11.5 Å². The number of fused-ring (bicyclic) bond motifs is 1. The number of aromatic nitrogens is 3. The molecule has 21 heavy (non-hydrogen) atoms. The molecule has 2 aromatic rings. The molecule has 0 bridgehead atoms. The van der Waals surface area contributed by atoms with Crippen molar-refractivity contribution in [3.63, 3.8) is 0 Å². The van der Waals surface area contributed by atoms with Crippen LogP contribution in [0.25, 0.3) is 11.0 Å². The molecule has 0 saturated carbocycles. The largest absolute Gasteiger partial charge is 0.492 e. The van der Waals surface area contributed by atoms with E-state index in [1.165, 1.54) is 6.33 Å². The van der Waals surface area contributed by atoms with Crippen molar-refractivity contribution in [3.05, 3.63) is 12.5 Å². The Kier molecular flexibility index (Phi) is 4.67. The van der Waals surface area contributed by atoms with E-state index >= 15 is 0 Å². The quantitative estimate of drug-likeness (QED) is 0.512. The molecule has 0 saturated heterocycles. The molecule has 7 nitrogen and oxygen atoms in total. The minimum atomic E-state index is -1.61. The van der Waals surface area contributed by atoms with Gasteiger partial charge in [0.1, 0.15) is 18.6 Å². The first kappa shape index (κ1) is 16.0. The van der Waals surface area contributed by atoms with E-state index in [1.807, 2.05) is 0 Å². The van der Waals surface area contributed by atoms with Gasteiger partial charge in [-0.15, -0.1) is 0 Å². The monoisotopic (exact) mass is 308 g/mol. The van der Waals surface area contributed by atoms with Gasteiger partial charge in [-0.05, 0) is 6.04 Å². The van der Waals surface area contributed by atoms with Gasteiger partial charge in [0.2, 0.25) is 0 Å². The number of hydrogen-bond acceptors (Lipinski definition) is 6. The third-order valence-electron chi connectivity index (χ3n) is 3.21. The van der Waals surface area contributed by atoms with E-state index in [-0.39, 0.29) is 6.73 Å². The zero-order valence-electron chi connectivity index (χ0n) is 12.6. The summed E-state index contributed by atoms with van der Waals surface area (Å²) in [5.41, 5.74) is 7.16. The summed E-state index contributed by atoms with van der Waals surface area (Å²) in [4.78, 5) is 8.01. The minimum Gasteiger partial charge on any atom is -0.423 e. The molecule has 0 aromatic carbocycles. The van der Waals surface area contributed by atoms with Gasteiger partial charge < -0.3 is 25.1 Å². The first-order valence-electron chi connectivity index (χ1n) is 6.82. The second-order valence-corrected chi connectivity index (χ2v) is 11.9. The zero-order valence-corrected chi connectivity index (χ0v) is 13.6. The highest BCUT2D eigenvalue weighted by atomic mass is 28.3. The van der Waals surface area contributed by atoms with Crippen molar-refractivity contribution in [2.45, 2.75) is 32.4 Å². The number of ether oxygens (including phenoxy) is 1. The molecule has 2 aromatic heterocycles. The number of anilines is 1. The highest BCUT2D eigenvalue weighted by Gasteiger charge is 2.22. The molecule has 114 valence electrons. The third-order valence-corrected chi connectivity index (χ3v) is 4.92. The molecule has 2 heterocycles. The van der Waals surface area contributed by atoms with Gasteiger partial charge in [0.15, 0.2) is 5.82 Å². The van der Waals surface area contributed by atoms with Crippen LogP contribution >= 0.6 is 0 Å². The van der Waals surface area contributed by atoms with Crippen LogP contribution in [0, 0.1) is 0 Å². The molecule has 0 spiro atoms. The SMILES string of the molecule is C[Si](C)(C)CCOCn1cc(B(O)O)c2ncnc(N)c21. The summed E-state index contributed by atoms with van der Waals surface area (Å²) in [5.74, 6) is 0.292. The summed E-state index contributed by atoms with van der Waals surface area (Å²) < 4.78 is 7.39. The summed E-state index contributed by atoms with van der Waals surface area (Å²) in [6, 6.07) is 1.06. The second kappa shape index (κ2) is 6.14. The van der Waals surface area contributed by atoms with Crippen LogP contribution in [0.4, 0.5) is 5.82 Å². The van der Waals surface area contributed by atoms with Crippen molar-refractivity contribution in [2.75, 3.05) is 12.3 Å². The Morgan fingerprint density at radius 2 is 2.05 bits per heavy atom. The van der Waals surface area contributed by atoms with Crippen molar-refractivity contribution in [2.24, 2.45) is 0 Å². The van der Waals surface area contributed by atoms with E-state index in [2.05, 4.69) is 29.6 Å². The van der Waals surface area contributed by atoms with Gasteiger partial charge in [-0.1, -0.05) is 19.6 Å². The predicted molar refractivity (Wildman–Crippen MR) is 85.9 cm³/mol. The summed E-state index contributed by atoms with van der Waals surface area (Å²) in [6.45, 7) is 7.81. The van der Waals surface area contributed by atoms with Gasteiger partial charge in [-0.3, -0.25) is 0 Å². The highest BCUT2D eigenvalue weighted by Crippen LogP contribution is 2.17. The molecular formula is C12H21BN4O3Si.